The molecule has 4 rings (SSSR count). The molecular weight excluding hydrogens is 386 g/mol. The molecule has 0 saturated carbocycles. The minimum atomic E-state index is 0.0337. The number of pyridine rings is 1. The SMILES string of the molecule is CCc1cccc(C)c1NC(=O)CCCn1nc(-n2cccc2)c2c(C)cc(C)nc21. The van der Waals surface area contributed by atoms with E-state index < -0.39 is 0 Å². The van der Waals surface area contributed by atoms with E-state index in [4.69, 9.17) is 10.1 Å². The number of para-hydroxylation sites is 1. The molecule has 0 unspecified atom stereocenters. The first-order chi connectivity index (χ1) is 15.0. The van der Waals surface area contributed by atoms with Crippen LogP contribution in [-0.4, -0.2) is 25.2 Å². The average Bonchev–Trinajstić information content (AvgIpc) is 3.38. The molecular formula is C25H29N5O. The summed E-state index contributed by atoms with van der Waals surface area (Å²) in [7, 11) is 0. The third-order valence-electron chi connectivity index (χ3n) is 5.64. The number of benzene rings is 1. The van der Waals surface area contributed by atoms with Gasteiger partial charge >= 0.3 is 0 Å². The van der Waals surface area contributed by atoms with Gasteiger partial charge in [-0.15, -0.1) is 0 Å². The Morgan fingerprint density at radius 1 is 1.06 bits per heavy atom. The molecule has 0 atom stereocenters. The van der Waals surface area contributed by atoms with Gasteiger partial charge in [-0.3, -0.25) is 4.79 Å². The third-order valence-corrected chi connectivity index (χ3v) is 5.64. The zero-order valence-corrected chi connectivity index (χ0v) is 18.6. The van der Waals surface area contributed by atoms with Gasteiger partial charge in [-0.05, 0) is 68.5 Å². The van der Waals surface area contributed by atoms with Crippen molar-refractivity contribution in [3.8, 4) is 5.82 Å². The van der Waals surface area contributed by atoms with Gasteiger partial charge in [0.15, 0.2) is 11.5 Å². The lowest BCUT2D eigenvalue weighted by molar-refractivity contribution is -0.116. The van der Waals surface area contributed by atoms with Gasteiger partial charge in [0.05, 0.1) is 5.39 Å². The van der Waals surface area contributed by atoms with Crippen LogP contribution in [-0.2, 0) is 17.8 Å². The van der Waals surface area contributed by atoms with Crippen LogP contribution in [0.2, 0.25) is 0 Å². The predicted molar refractivity (Wildman–Crippen MR) is 125 cm³/mol. The molecule has 0 spiro atoms. The Morgan fingerprint density at radius 3 is 2.58 bits per heavy atom. The molecule has 1 N–H and O–H groups in total. The summed E-state index contributed by atoms with van der Waals surface area (Å²) in [6.07, 6.45) is 6.00. The summed E-state index contributed by atoms with van der Waals surface area (Å²) in [5.74, 6) is 0.911. The van der Waals surface area contributed by atoms with Crippen LogP contribution in [0.15, 0.2) is 48.8 Å². The molecule has 6 nitrogen and oxygen atoms in total. The molecule has 1 amide bonds. The van der Waals surface area contributed by atoms with Crippen molar-refractivity contribution in [3.63, 3.8) is 0 Å². The molecule has 0 bridgehead atoms. The Bertz CT molecular complexity index is 1220. The zero-order chi connectivity index (χ0) is 22.0. The van der Waals surface area contributed by atoms with Crippen molar-refractivity contribution in [3.05, 3.63) is 71.2 Å². The molecule has 6 heteroatoms. The Morgan fingerprint density at radius 2 is 1.84 bits per heavy atom. The van der Waals surface area contributed by atoms with Crippen LogP contribution in [0.1, 0.15) is 42.1 Å². The van der Waals surface area contributed by atoms with E-state index in [0.717, 1.165) is 51.3 Å². The van der Waals surface area contributed by atoms with E-state index >= 15 is 0 Å². The van der Waals surface area contributed by atoms with Gasteiger partial charge in [0, 0.05) is 36.7 Å². The first-order valence-corrected chi connectivity index (χ1v) is 10.8. The van der Waals surface area contributed by atoms with E-state index in [1.807, 2.05) is 59.8 Å². The Hall–Kier alpha value is -3.41. The topological polar surface area (TPSA) is 64.7 Å². The smallest absolute Gasteiger partial charge is 0.224 e. The van der Waals surface area contributed by atoms with Crippen molar-refractivity contribution >= 4 is 22.6 Å². The van der Waals surface area contributed by atoms with Crippen LogP contribution in [0, 0.1) is 20.8 Å². The molecule has 1 aromatic carbocycles. The molecule has 0 radical (unpaired) electrons. The third kappa shape index (κ3) is 4.24. The second-order valence-corrected chi connectivity index (χ2v) is 8.03. The summed E-state index contributed by atoms with van der Waals surface area (Å²) in [6, 6.07) is 12.2. The number of nitrogens with zero attached hydrogens (tertiary/aromatic N) is 4. The van der Waals surface area contributed by atoms with Gasteiger partial charge in [0.25, 0.3) is 0 Å². The molecule has 0 saturated heterocycles. The number of hydrogen-bond donors (Lipinski definition) is 1. The summed E-state index contributed by atoms with van der Waals surface area (Å²) in [4.78, 5) is 17.4. The molecule has 0 aliphatic heterocycles. The standard InChI is InChI=1S/C25H29N5O/c1-5-20-11-8-10-17(2)23(20)27-21(31)12-9-15-30-24-22(18(3)16-19(4)26-24)25(28-30)29-13-6-7-14-29/h6-8,10-11,13-14,16H,5,9,12,15H2,1-4H3,(H,27,31). The monoisotopic (exact) mass is 415 g/mol. The van der Waals surface area contributed by atoms with E-state index in [-0.39, 0.29) is 5.91 Å². The van der Waals surface area contributed by atoms with E-state index in [1.54, 1.807) is 0 Å². The fourth-order valence-electron chi connectivity index (χ4n) is 4.10. The lowest BCUT2D eigenvalue weighted by atomic mass is 10.1. The van der Waals surface area contributed by atoms with Crippen LogP contribution in [0.25, 0.3) is 16.9 Å². The molecule has 4 aromatic rings. The molecule has 3 heterocycles. The van der Waals surface area contributed by atoms with E-state index in [2.05, 4.69) is 31.3 Å². The normalized spacial score (nSPS) is 11.2. The highest BCUT2D eigenvalue weighted by Crippen LogP contribution is 2.26. The minimum absolute atomic E-state index is 0.0337. The lowest BCUT2D eigenvalue weighted by Crippen LogP contribution is -2.15. The Labute approximate surface area is 182 Å². The highest BCUT2D eigenvalue weighted by atomic mass is 16.1. The van der Waals surface area contributed by atoms with Crippen LogP contribution in [0.5, 0.6) is 0 Å². The number of amides is 1. The van der Waals surface area contributed by atoms with Crippen molar-refractivity contribution in [2.75, 3.05) is 5.32 Å². The average molecular weight is 416 g/mol. The quantitative estimate of drug-likeness (QED) is 0.455. The van der Waals surface area contributed by atoms with Gasteiger partial charge in [-0.25, -0.2) is 9.67 Å². The summed E-state index contributed by atoms with van der Waals surface area (Å²) >= 11 is 0. The summed E-state index contributed by atoms with van der Waals surface area (Å²) in [5, 5.41) is 9.01. The summed E-state index contributed by atoms with van der Waals surface area (Å²) in [6.45, 7) is 8.86. The van der Waals surface area contributed by atoms with Crippen molar-refractivity contribution in [2.45, 2.75) is 53.5 Å². The molecule has 0 aliphatic rings. The van der Waals surface area contributed by atoms with Crippen molar-refractivity contribution in [2.24, 2.45) is 0 Å². The van der Waals surface area contributed by atoms with Crippen LogP contribution < -0.4 is 5.32 Å². The lowest BCUT2D eigenvalue weighted by Gasteiger charge is -2.13. The minimum Gasteiger partial charge on any atom is -0.326 e. The first-order valence-electron chi connectivity index (χ1n) is 10.8. The molecule has 0 aliphatic carbocycles. The van der Waals surface area contributed by atoms with Gasteiger partial charge in [-0.2, -0.15) is 5.10 Å². The largest absolute Gasteiger partial charge is 0.326 e. The van der Waals surface area contributed by atoms with Crippen molar-refractivity contribution in [1.82, 2.24) is 19.3 Å². The van der Waals surface area contributed by atoms with Gasteiger partial charge in [-0.1, -0.05) is 25.1 Å². The molecule has 3 aromatic heterocycles. The first kappa shape index (κ1) is 20.8. The number of fused-ring (bicyclic) bond motifs is 1. The number of rotatable bonds is 7. The Balaban J connectivity index is 1.52. The van der Waals surface area contributed by atoms with Gasteiger partial charge < -0.3 is 9.88 Å². The van der Waals surface area contributed by atoms with E-state index in [1.165, 1.54) is 0 Å². The van der Waals surface area contributed by atoms with Crippen LogP contribution in [0.4, 0.5) is 5.69 Å². The fourth-order valence-corrected chi connectivity index (χ4v) is 4.10. The molecule has 0 fully saturated rings. The number of carbonyl (C=O) groups is 1. The fraction of sp³-hybridized carbons (Fsp3) is 0.320. The Kier molecular flexibility index (Phi) is 5.89. The maximum Gasteiger partial charge on any atom is 0.224 e. The number of nitrogens with one attached hydrogen (secondary N) is 1. The zero-order valence-electron chi connectivity index (χ0n) is 18.6. The van der Waals surface area contributed by atoms with E-state index in [0.29, 0.717) is 19.4 Å². The number of aromatic nitrogens is 4. The van der Waals surface area contributed by atoms with Crippen LogP contribution >= 0.6 is 0 Å². The number of hydrogen-bond acceptors (Lipinski definition) is 3. The summed E-state index contributed by atoms with van der Waals surface area (Å²) < 4.78 is 3.95. The summed E-state index contributed by atoms with van der Waals surface area (Å²) in [5.41, 5.74) is 6.20. The van der Waals surface area contributed by atoms with Crippen molar-refractivity contribution in [1.29, 1.82) is 0 Å². The maximum absolute atomic E-state index is 12.6. The van der Waals surface area contributed by atoms with Crippen molar-refractivity contribution < 1.29 is 4.79 Å². The number of aryl methyl sites for hydroxylation is 5. The highest BCUT2D eigenvalue weighted by Gasteiger charge is 2.16. The maximum atomic E-state index is 12.6. The van der Waals surface area contributed by atoms with Gasteiger partial charge in [0.1, 0.15) is 0 Å². The second kappa shape index (κ2) is 8.76. The number of anilines is 1. The highest BCUT2D eigenvalue weighted by molar-refractivity contribution is 5.92. The molecule has 160 valence electrons. The van der Waals surface area contributed by atoms with E-state index in [9.17, 15) is 4.79 Å². The molecule has 31 heavy (non-hydrogen) atoms. The number of carbonyl (C=O) groups excluding carboxylic acids is 1. The van der Waals surface area contributed by atoms with Crippen LogP contribution in [0.3, 0.4) is 0 Å². The predicted octanol–water partition coefficient (Wildman–Crippen LogP) is 5.13. The van der Waals surface area contributed by atoms with Gasteiger partial charge in [0.2, 0.25) is 5.91 Å². The second-order valence-electron chi connectivity index (χ2n) is 8.03.